The van der Waals surface area contributed by atoms with Gasteiger partial charge in [-0.3, -0.25) is 14.5 Å². The molecule has 2 heterocycles. The Morgan fingerprint density at radius 1 is 0.967 bits per heavy atom. The molecule has 160 valence electrons. The van der Waals surface area contributed by atoms with Crippen LogP contribution in [0.25, 0.3) is 11.4 Å². The second-order valence-corrected chi connectivity index (χ2v) is 8.02. The van der Waals surface area contributed by atoms with Gasteiger partial charge in [0.25, 0.3) is 0 Å². The van der Waals surface area contributed by atoms with E-state index in [-0.39, 0.29) is 11.9 Å². The molecule has 1 aliphatic carbocycles. The van der Waals surface area contributed by atoms with E-state index >= 15 is 0 Å². The zero-order valence-electron chi connectivity index (χ0n) is 17.2. The summed E-state index contributed by atoms with van der Waals surface area (Å²) in [6.07, 6.45) is 5.17. The highest BCUT2D eigenvalue weighted by Gasteiger charge is 2.30. The molecule has 2 fully saturated rings. The molecule has 9 heteroatoms. The number of hydrogen-bond acceptors (Lipinski definition) is 6. The molecule has 1 saturated carbocycles. The number of nitrogens with zero attached hydrogens (tertiary/aromatic N) is 6. The van der Waals surface area contributed by atoms with Gasteiger partial charge in [0, 0.05) is 37.8 Å². The number of carbonyl (C=O) groups is 2. The van der Waals surface area contributed by atoms with Gasteiger partial charge in [-0.15, -0.1) is 10.2 Å². The number of unbranched alkanes of at least 4 members (excludes halogenated alkanes) is 2. The Morgan fingerprint density at radius 2 is 1.70 bits per heavy atom. The lowest BCUT2D eigenvalue weighted by Crippen LogP contribution is -2.52. The van der Waals surface area contributed by atoms with Crippen LogP contribution in [0.5, 0.6) is 0 Å². The first-order chi connectivity index (χ1) is 14.7. The highest BCUT2D eigenvalue weighted by molar-refractivity contribution is 6.35. The van der Waals surface area contributed by atoms with Gasteiger partial charge in [0.2, 0.25) is 5.82 Å². The molecule has 0 atom stereocenters. The zero-order chi connectivity index (χ0) is 20.8. The van der Waals surface area contributed by atoms with E-state index in [1.807, 2.05) is 30.3 Å². The first kappa shape index (κ1) is 20.5. The third kappa shape index (κ3) is 5.63. The first-order valence-corrected chi connectivity index (χ1v) is 10.8. The maximum Gasteiger partial charge on any atom is 0.311 e. The Balaban J connectivity index is 1.09. The standard InChI is InChI=1S/C21H29N7O2/c29-20(22-18-9-10-18)21(30)27-15-13-26(14-16-27)11-5-2-6-12-28-24-19(23-25-28)17-7-3-1-4-8-17/h1,3-4,7-8,18H,2,5-6,9-16H2,(H,22,29). The number of tetrazole rings is 1. The van der Waals surface area contributed by atoms with E-state index in [2.05, 4.69) is 25.6 Å². The van der Waals surface area contributed by atoms with Crippen LogP contribution < -0.4 is 5.32 Å². The monoisotopic (exact) mass is 411 g/mol. The van der Waals surface area contributed by atoms with Crippen LogP contribution in [0.1, 0.15) is 32.1 Å². The fourth-order valence-corrected chi connectivity index (χ4v) is 3.60. The van der Waals surface area contributed by atoms with E-state index in [0.29, 0.717) is 18.9 Å². The van der Waals surface area contributed by atoms with Gasteiger partial charge in [0.05, 0.1) is 6.54 Å². The minimum atomic E-state index is -0.442. The van der Waals surface area contributed by atoms with E-state index in [4.69, 9.17) is 0 Å². The summed E-state index contributed by atoms with van der Waals surface area (Å²) in [7, 11) is 0. The molecule has 1 aromatic carbocycles. The summed E-state index contributed by atoms with van der Waals surface area (Å²) >= 11 is 0. The Kier molecular flexibility index (Phi) is 6.68. The number of aromatic nitrogens is 4. The quantitative estimate of drug-likeness (QED) is 0.513. The summed E-state index contributed by atoms with van der Waals surface area (Å²) in [5.74, 6) is -0.159. The molecule has 9 nitrogen and oxygen atoms in total. The molecular formula is C21H29N7O2. The average molecular weight is 412 g/mol. The molecule has 2 aliphatic rings. The van der Waals surface area contributed by atoms with Crippen molar-refractivity contribution in [1.29, 1.82) is 0 Å². The average Bonchev–Trinajstić information content (AvgIpc) is 3.47. The normalized spacial score (nSPS) is 17.1. The molecule has 1 aliphatic heterocycles. The zero-order valence-corrected chi connectivity index (χ0v) is 17.2. The lowest BCUT2D eigenvalue weighted by molar-refractivity contribution is -0.147. The Bertz CT molecular complexity index is 842. The van der Waals surface area contributed by atoms with Crippen LogP contribution in [0.3, 0.4) is 0 Å². The summed E-state index contributed by atoms with van der Waals surface area (Å²) in [6, 6.07) is 10.1. The summed E-state index contributed by atoms with van der Waals surface area (Å²) < 4.78 is 0. The number of amides is 2. The van der Waals surface area contributed by atoms with Gasteiger partial charge in [-0.2, -0.15) is 4.80 Å². The molecule has 0 spiro atoms. The molecule has 1 saturated heterocycles. The van der Waals surface area contributed by atoms with Crippen LogP contribution in [0, 0.1) is 0 Å². The van der Waals surface area contributed by atoms with Gasteiger partial charge in [0.15, 0.2) is 0 Å². The van der Waals surface area contributed by atoms with Crippen molar-refractivity contribution in [3.8, 4) is 11.4 Å². The Labute approximate surface area is 176 Å². The van der Waals surface area contributed by atoms with Gasteiger partial charge >= 0.3 is 11.8 Å². The Morgan fingerprint density at radius 3 is 2.43 bits per heavy atom. The van der Waals surface area contributed by atoms with Crippen LogP contribution in [0.4, 0.5) is 0 Å². The smallest absolute Gasteiger partial charge is 0.311 e. The highest BCUT2D eigenvalue weighted by Crippen LogP contribution is 2.18. The van der Waals surface area contributed by atoms with Crippen LogP contribution in [0.2, 0.25) is 0 Å². The first-order valence-electron chi connectivity index (χ1n) is 10.8. The predicted octanol–water partition coefficient (Wildman–Crippen LogP) is 0.933. The van der Waals surface area contributed by atoms with Crippen LogP contribution in [-0.4, -0.2) is 80.6 Å². The molecule has 2 amide bonds. The highest BCUT2D eigenvalue weighted by atomic mass is 16.2. The lowest BCUT2D eigenvalue weighted by atomic mass is 10.2. The SMILES string of the molecule is O=C(NC1CC1)C(=O)N1CCN(CCCCCn2nnc(-c3ccccc3)n2)CC1. The lowest BCUT2D eigenvalue weighted by Gasteiger charge is -2.34. The Hall–Kier alpha value is -2.81. The number of benzene rings is 1. The molecule has 0 unspecified atom stereocenters. The van der Waals surface area contributed by atoms with Crippen molar-refractivity contribution >= 4 is 11.8 Å². The number of hydrogen-bond donors (Lipinski definition) is 1. The van der Waals surface area contributed by atoms with Crippen molar-refractivity contribution in [2.75, 3.05) is 32.7 Å². The van der Waals surface area contributed by atoms with E-state index in [1.54, 1.807) is 9.70 Å². The summed E-state index contributed by atoms with van der Waals surface area (Å²) in [5, 5.41) is 15.5. The molecule has 1 aromatic heterocycles. The maximum atomic E-state index is 12.2. The molecule has 0 radical (unpaired) electrons. The van der Waals surface area contributed by atoms with Crippen LogP contribution in [-0.2, 0) is 16.1 Å². The number of piperazine rings is 1. The molecule has 30 heavy (non-hydrogen) atoms. The van der Waals surface area contributed by atoms with Crippen molar-refractivity contribution in [3.63, 3.8) is 0 Å². The fourth-order valence-electron chi connectivity index (χ4n) is 3.60. The second kappa shape index (κ2) is 9.80. The van der Waals surface area contributed by atoms with Gasteiger partial charge in [-0.25, -0.2) is 0 Å². The van der Waals surface area contributed by atoms with Crippen LogP contribution in [0.15, 0.2) is 30.3 Å². The predicted molar refractivity (Wildman–Crippen MR) is 111 cm³/mol. The van der Waals surface area contributed by atoms with E-state index in [0.717, 1.165) is 63.8 Å². The number of carbonyl (C=O) groups excluding carboxylic acids is 2. The van der Waals surface area contributed by atoms with Gasteiger partial charge < -0.3 is 10.2 Å². The van der Waals surface area contributed by atoms with E-state index in [1.165, 1.54) is 0 Å². The minimum Gasteiger partial charge on any atom is -0.345 e. The molecule has 0 bridgehead atoms. The van der Waals surface area contributed by atoms with Crippen LogP contribution >= 0.6 is 0 Å². The third-order valence-corrected chi connectivity index (χ3v) is 5.58. The number of aryl methyl sites for hydroxylation is 1. The second-order valence-electron chi connectivity index (χ2n) is 8.02. The largest absolute Gasteiger partial charge is 0.345 e. The number of rotatable bonds is 8. The van der Waals surface area contributed by atoms with Crippen molar-refractivity contribution < 1.29 is 9.59 Å². The topological polar surface area (TPSA) is 96.2 Å². The third-order valence-electron chi connectivity index (χ3n) is 5.58. The summed E-state index contributed by atoms with van der Waals surface area (Å²) in [4.78, 5) is 29.8. The number of nitrogens with one attached hydrogen (secondary N) is 1. The molecule has 4 rings (SSSR count). The van der Waals surface area contributed by atoms with E-state index in [9.17, 15) is 9.59 Å². The van der Waals surface area contributed by atoms with Gasteiger partial charge in [-0.05, 0) is 37.4 Å². The van der Waals surface area contributed by atoms with Crippen molar-refractivity contribution in [3.05, 3.63) is 30.3 Å². The summed E-state index contributed by atoms with van der Waals surface area (Å²) in [6.45, 7) is 4.68. The minimum absolute atomic E-state index is 0.223. The van der Waals surface area contributed by atoms with Gasteiger partial charge in [0.1, 0.15) is 0 Å². The van der Waals surface area contributed by atoms with Gasteiger partial charge in [-0.1, -0.05) is 36.8 Å². The summed E-state index contributed by atoms with van der Waals surface area (Å²) in [5.41, 5.74) is 0.978. The fraction of sp³-hybridized carbons (Fsp3) is 0.571. The van der Waals surface area contributed by atoms with Crippen molar-refractivity contribution in [2.24, 2.45) is 0 Å². The maximum absolute atomic E-state index is 12.2. The molecular weight excluding hydrogens is 382 g/mol. The molecule has 2 aromatic rings. The van der Waals surface area contributed by atoms with Crippen molar-refractivity contribution in [1.82, 2.24) is 35.3 Å². The van der Waals surface area contributed by atoms with Crippen molar-refractivity contribution in [2.45, 2.75) is 44.7 Å². The van der Waals surface area contributed by atoms with E-state index < -0.39 is 5.91 Å². The molecule has 1 N–H and O–H groups in total.